The van der Waals surface area contributed by atoms with Crippen LogP contribution in [0.15, 0.2) is 17.1 Å². The number of benzene rings is 1. The third-order valence-electron chi connectivity index (χ3n) is 6.97. The smallest absolute Gasteiger partial charge is 0.341 e. The fraction of sp³-hybridized carbons (Fsp3) is 0.500. The molecule has 1 amide bonds. The minimum absolute atomic E-state index is 0.0101. The van der Waals surface area contributed by atoms with Crippen LogP contribution in [-0.4, -0.2) is 84.2 Å². The summed E-state index contributed by atoms with van der Waals surface area (Å²) in [7, 11) is -9.30. The second kappa shape index (κ2) is 10.3. The van der Waals surface area contributed by atoms with E-state index in [0.717, 1.165) is 18.9 Å². The summed E-state index contributed by atoms with van der Waals surface area (Å²) < 4.78 is 45.9. The Bertz CT molecular complexity index is 1470. The van der Waals surface area contributed by atoms with Crippen LogP contribution < -0.4 is 15.1 Å². The zero-order valence-electron chi connectivity index (χ0n) is 20.9. The number of carboxylic acid groups (broad SMARTS) is 1. The third-order valence-corrected chi connectivity index (χ3v) is 10.7. The number of piperazine rings is 1. The first kappa shape index (κ1) is 29.2. The molecule has 1 aliphatic carbocycles. The summed E-state index contributed by atoms with van der Waals surface area (Å²) in [4.78, 5) is 77.5. The van der Waals surface area contributed by atoms with Gasteiger partial charge in [-0.25, -0.2) is 9.18 Å². The van der Waals surface area contributed by atoms with Crippen molar-refractivity contribution in [2.75, 3.05) is 31.6 Å². The lowest BCUT2D eigenvalue weighted by atomic mass is 10.1. The van der Waals surface area contributed by atoms with Gasteiger partial charge in [-0.05, 0) is 25.8 Å². The van der Waals surface area contributed by atoms with E-state index >= 15 is 4.39 Å². The number of nitrogens with zero attached hydrogens (tertiary/aromatic N) is 3. The normalized spacial score (nSPS) is 18.6. The van der Waals surface area contributed by atoms with Gasteiger partial charge in [0.25, 0.3) is 0 Å². The lowest BCUT2D eigenvalue weighted by Crippen LogP contribution is -2.54. The molecule has 2 aliphatic rings. The molecule has 2 heterocycles. The third kappa shape index (κ3) is 5.60. The molecule has 1 saturated carbocycles. The first-order valence-electron chi connectivity index (χ1n) is 11.9. The molecular weight excluding hydrogens is 563 g/mol. The molecular formula is C22H28FN3O11P2. The van der Waals surface area contributed by atoms with Gasteiger partial charge in [-0.1, -0.05) is 0 Å². The molecule has 1 aromatic carbocycles. The Morgan fingerprint density at radius 3 is 2.26 bits per heavy atom. The van der Waals surface area contributed by atoms with Crippen molar-refractivity contribution in [3.05, 3.63) is 33.9 Å². The topological polar surface area (TPSA) is 207 Å². The Morgan fingerprint density at radius 1 is 1.15 bits per heavy atom. The molecule has 4 rings (SSSR count). The standard InChI is InChI=1S/C22H28FN3O11P2/c1-11-9-24(5-6-25(11)16(27)8-17(38(31,32)33)39(34,35)36)19-15(23)7-13-18(21(19)37-2)26(12-3-4-12)10-14(20(13)28)22(29)30/h7,10-12,17H,3-6,8-9H2,1-2H3,(H,29,30)(H2,31,32,33)(H2,34,35,36). The summed E-state index contributed by atoms with van der Waals surface area (Å²) in [5.74, 6) is -3.15. The molecule has 1 aromatic heterocycles. The van der Waals surface area contributed by atoms with Crippen molar-refractivity contribution >= 4 is 43.7 Å². The van der Waals surface area contributed by atoms with E-state index in [-0.39, 0.29) is 48.0 Å². The van der Waals surface area contributed by atoms with E-state index in [1.54, 1.807) is 16.4 Å². The van der Waals surface area contributed by atoms with Crippen LogP contribution in [0.2, 0.25) is 0 Å². The Morgan fingerprint density at radius 2 is 1.77 bits per heavy atom. The SMILES string of the molecule is COc1c(N2CCN(C(=O)CC(P(=O)(O)O)P(=O)(O)O)C(C)C2)c(F)cc2c(=O)c(C(=O)O)cn(C3CC3)c12. The predicted molar refractivity (Wildman–Crippen MR) is 136 cm³/mol. The molecule has 1 atom stereocenters. The maximum Gasteiger partial charge on any atom is 0.341 e. The Hall–Kier alpha value is -2.80. The molecule has 1 saturated heterocycles. The van der Waals surface area contributed by atoms with Gasteiger partial charge in [0.05, 0.1) is 24.4 Å². The number of anilines is 1. The van der Waals surface area contributed by atoms with E-state index in [4.69, 9.17) is 4.74 Å². The molecule has 5 N–H and O–H groups in total. The molecule has 0 bridgehead atoms. The molecule has 2 aromatic rings. The highest BCUT2D eigenvalue weighted by Gasteiger charge is 2.46. The highest BCUT2D eigenvalue weighted by Crippen LogP contribution is 2.61. The number of carbonyl (C=O) groups is 2. The number of aromatic carboxylic acids is 1. The number of rotatable bonds is 8. The van der Waals surface area contributed by atoms with Crippen LogP contribution in [-0.2, 0) is 13.9 Å². The fourth-order valence-electron chi connectivity index (χ4n) is 4.96. The van der Waals surface area contributed by atoms with Crippen molar-refractivity contribution in [2.24, 2.45) is 0 Å². The number of carbonyl (C=O) groups excluding carboxylic acids is 1. The number of amides is 1. The molecule has 0 radical (unpaired) electrons. The van der Waals surface area contributed by atoms with Crippen molar-refractivity contribution in [2.45, 2.75) is 43.7 Å². The van der Waals surface area contributed by atoms with Gasteiger partial charge in [-0.15, -0.1) is 0 Å². The number of fused-ring (bicyclic) bond motifs is 1. The number of carboxylic acids is 1. The molecule has 214 valence electrons. The minimum Gasteiger partial charge on any atom is -0.492 e. The number of pyridine rings is 1. The fourth-order valence-corrected chi connectivity index (χ4v) is 7.32. The molecule has 2 fully saturated rings. The van der Waals surface area contributed by atoms with Gasteiger partial charge in [0.1, 0.15) is 11.3 Å². The predicted octanol–water partition coefficient (Wildman–Crippen LogP) is 1.29. The quantitative estimate of drug-likeness (QED) is 0.275. The molecule has 1 aliphatic heterocycles. The van der Waals surface area contributed by atoms with E-state index in [0.29, 0.717) is 0 Å². The number of ether oxygens (including phenoxy) is 1. The van der Waals surface area contributed by atoms with Crippen LogP contribution >= 0.6 is 15.2 Å². The summed E-state index contributed by atoms with van der Waals surface area (Å²) in [6, 6.07) is 0.205. The van der Waals surface area contributed by atoms with Gasteiger partial charge >= 0.3 is 21.2 Å². The maximum atomic E-state index is 15.6. The number of methoxy groups -OCH3 is 1. The van der Waals surface area contributed by atoms with Crippen molar-refractivity contribution in [3.63, 3.8) is 0 Å². The maximum absolute atomic E-state index is 15.6. The Balaban J connectivity index is 1.69. The number of halogens is 1. The first-order chi connectivity index (χ1) is 18.1. The van der Waals surface area contributed by atoms with Gasteiger partial charge < -0.3 is 43.8 Å². The zero-order valence-corrected chi connectivity index (χ0v) is 22.7. The van der Waals surface area contributed by atoms with Gasteiger partial charge in [0.2, 0.25) is 11.3 Å². The van der Waals surface area contributed by atoms with E-state index in [1.807, 2.05) is 0 Å². The molecule has 1 unspecified atom stereocenters. The molecule has 17 heteroatoms. The van der Waals surface area contributed by atoms with Crippen LogP contribution in [0, 0.1) is 5.82 Å². The highest BCUT2D eigenvalue weighted by molar-refractivity contribution is 7.70. The van der Waals surface area contributed by atoms with E-state index in [9.17, 15) is 48.2 Å². The Labute approximate surface area is 220 Å². The second-order valence-electron chi connectivity index (χ2n) is 9.70. The number of hydrogen-bond donors (Lipinski definition) is 5. The summed E-state index contributed by atoms with van der Waals surface area (Å²) in [6.45, 7) is 1.55. The monoisotopic (exact) mass is 591 g/mol. The van der Waals surface area contributed by atoms with Crippen molar-refractivity contribution < 1.29 is 52.5 Å². The van der Waals surface area contributed by atoms with Crippen molar-refractivity contribution in [1.82, 2.24) is 9.47 Å². The lowest BCUT2D eigenvalue weighted by molar-refractivity contribution is -0.133. The number of aromatic nitrogens is 1. The van der Waals surface area contributed by atoms with Gasteiger partial charge in [-0.3, -0.25) is 18.7 Å². The Kier molecular flexibility index (Phi) is 7.71. The first-order valence-corrected chi connectivity index (χ1v) is 15.3. The van der Waals surface area contributed by atoms with Crippen molar-refractivity contribution in [3.8, 4) is 5.75 Å². The number of hydrogen-bond acceptors (Lipinski definition) is 7. The van der Waals surface area contributed by atoms with Gasteiger partial charge in [0, 0.05) is 37.9 Å². The van der Waals surface area contributed by atoms with Crippen LogP contribution in [0.3, 0.4) is 0 Å². The summed E-state index contributed by atoms with van der Waals surface area (Å²) in [5, 5.41) is 6.86. The van der Waals surface area contributed by atoms with E-state index in [1.165, 1.54) is 18.2 Å². The summed E-state index contributed by atoms with van der Waals surface area (Å²) >= 11 is 0. The largest absolute Gasteiger partial charge is 0.492 e. The molecule has 14 nitrogen and oxygen atoms in total. The average Bonchev–Trinajstić information content (AvgIpc) is 3.65. The van der Waals surface area contributed by atoms with Crippen LogP contribution in [0.5, 0.6) is 5.75 Å². The highest BCUT2D eigenvalue weighted by atomic mass is 31.2. The minimum atomic E-state index is -5.30. The summed E-state index contributed by atoms with van der Waals surface area (Å²) in [5.41, 5.74) is -1.12. The van der Waals surface area contributed by atoms with Crippen LogP contribution in [0.25, 0.3) is 10.9 Å². The summed E-state index contributed by atoms with van der Waals surface area (Å²) in [6.07, 6.45) is 1.61. The molecule has 0 spiro atoms. The lowest BCUT2D eigenvalue weighted by Gasteiger charge is -2.42. The van der Waals surface area contributed by atoms with E-state index in [2.05, 4.69) is 0 Å². The van der Waals surface area contributed by atoms with E-state index < -0.39 is 61.7 Å². The average molecular weight is 591 g/mol. The molecule has 39 heavy (non-hydrogen) atoms. The van der Waals surface area contributed by atoms with Crippen LogP contribution in [0.1, 0.15) is 42.6 Å². The van der Waals surface area contributed by atoms with Crippen molar-refractivity contribution in [1.29, 1.82) is 0 Å². The second-order valence-corrected chi connectivity index (χ2v) is 13.7. The van der Waals surface area contributed by atoms with Crippen LogP contribution in [0.4, 0.5) is 10.1 Å². The van der Waals surface area contributed by atoms with Gasteiger partial charge in [0.15, 0.2) is 17.0 Å². The van der Waals surface area contributed by atoms with Gasteiger partial charge in [-0.2, -0.15) is 0 Å². The zero-order chi connectivity index (χ0) is 29.0.